The van der Waals surface area contributed by atoms with E-state index in [0.29, 0.717) is 5.41 Å². The maximum absolute atomic E-state index is 6.26. The van der Waals surface area contributed by atoms with Crippen LogP contribution in [0.1, 0.15) is 44.1 Å². The highest BCUT2D eigenvalue weighted by Crippen LogP contribution is 2.61. The van der Waals surface area contributed by atoms with Gasteiger partial charge in [-0.15, -0.1) is 0 Å². The number of hydrogen-bond acceptors (Lipinski definition) is 4. The number of nitrogens with zero attached hydrogens (tertiary/aromatic N) is 2. The molecule has 4 heteroatoms. The van der Waals surface area contributed by atoms with Gasteiger partial charge in [-0.05, 0) is 163 Å². The van der Waals surface area contributed by atoms with E-state index >= 15 is 0 Å². The molecule has 0 amide bonds. The molecule has 4 aliphatic carbocycles. The van der Waals surface area contributed by atoms with Crippen molar-refractivity contribution in [3.63, 3.8) is 0 Å². The summed E-state index contributed by atoms with van der Waals surface area (Å²) < 4.78 is 6.26. The molecule has 1 aliphatic heterocycles. The molecule has 0 radical (unpaired) electrons. The van der Waals surface area contributed by atoms with Gasteiger partial charge < -0.3 is 14.2 Å². The summed E-state index contributed by atoms with van der Waals surface area (Å²) in [4.78, 5) is 7.36. The minimum Gasteiger partial charge on any atom is -0.456 e. The van der Waals surface area contributed by atoms with Crippen LogP contribution < -0.4 is 9.80 Å². The molecule has 0 N–H and O–H groups in total. The molecule has 4 saturated carbocycles. The summed E-state index contributed by atoms with van der Waals surface area (Å²) in [5.74, 6) is 2.79. The first-order chi connectivity index (χ1) is 27.6. The first kappa shape index (κ1) is 32.5. The van der Waals surface area contributed by atoms with Gasteiger partial charge in [-0.1, -0.05) is 90.6 Å². The van der Waals surface area contributed by atoms with Crippen LogP contribution in [0.4, 0.5) is 34.1 Å². The second kappa shape index (κ2) is 12.7. The van der Waals surface area contributed by atoms with Crippen molar-refractivity contribution in [1.82, 2.24) is 0 Å². The lowest BCUT2D eigenvalue weighted by Crippen LogP contribution is -2.48. The maximum Gasteiger partial charge on any atom is 0.135 e. The zero-order valence-electron chi connectivity index (χ0n) is 31.3. The Balaban J connectivity index is 0.899. The molecule has 8 aromatic rings. The van der Waals surface area contributed by atoms with Crippen LogP contribution in [0.15, 0.2) is 178 Å². The fourth-order valence-electron chi connectivity index (χ4n) is 11.3. The van der Waals surface area contributed by atoms with Crippen LogP contribution in [0, 0.1) is 17.8 Å². The average molecular weight is 743 g/mol. The van der Waals surface area contributed by atoms with E-state index in [2.05, 4.69) is 168 Å². The Kier molecular flexibility index (Phi) is 7.35. The van der Waals surface area contributed by atoms with E-state index in [1.54, 1.807) is 5.56 Å². The van der Waals surface area contributed by atoms with Crippen molar-refractivity contribution < 1.29 is 4.42 Å². The van der Waals surface area contributed by atoms with Gasteiger partial charge in [0.2, 0.25) is 0 Å². The van der Waals surface area contributed by atoms with E-state index in [0.717, 1.165) is 56.8 Å². The van der Waals surface area contributed by atoms with Crippen molar-refractivity contribution in [2.24, 2.45) is 17.8 Å². The maximum atomic E-state index is 6.26. The topological polar surface area (TPSA) is 19.6 Å². The van der Waals surface area contributed by atoms with Gasteiger partial charge in [-0.3, -0.25) is 0 Å². The molecular formula is C52H42N2OS. The molecule has 2 heterocycles. The van der Waals surface area contributed by atoms with Crippen molar-refractivity contribution in [2.75, 3.05) is 9.80 Å². The SMILES string of the molecule is c1ccc2c(c1)Sc1ccccc1N2c1ccc(-c2ccc(N(c3ccc(C45CC6CC(CC(C6)C4)C5)cc3)c3ccc4oc5ccccc5c4c3)cc2)cc1. The Morgan fingerprint density at radius 3 is 1.66 bits per heavy atom. The second-order valence-electron chi connectivity index (χ2n) is 16.8. The van der Waals surface area contributed by atoms with Crippen LogP contribution in [0.2, 0.25) is 0 Å². The Labute approximate surface area is 332 Å². The Morgan fingerprint density at radius 1 is 0.500 bits per heavy atom. The van der Waals surface area contributed by atoms with Gasteiger partial charge in [0.05, 0.1) is 11.4 Å². The summed E-state index contributed by atoms with van der Waals surface area (Å²) in [6.07, 6.45) is 8.55. The Hall–Kier alpha value is -5.71. The van der Waals surface area contributed by atoms with Gasteiger partial charge in [0.15, 0.2) is 0 Å². The lowest BCUT2D eigenvalue weighted by atomic mass is 9.48. The molecule has 7 aromatic carbocycles. The summed E-state index contributed by atoms with van der Waals surface area (Å²) >= 11 is 1.84. The number of rotatable bonds is 6. The third-order valence-corrected chi connectivity index (χ3v) is 14.5. The molecule has 4 bridgehead atoms. The molecule has 1 aromatic heterocycles. The highest BCUT2D eigenvalue weighted by molar-refractivity contribution is 7.99. The fraction of sp³-hybridized carbons (Fsp3) is 0.192. The van der Waals surface area contributed by atoms with E-state index in [1.165, 1.54) is 76.5 Å². The van der Waals surface area contributed by atoms with Gasteiger partial charge in [0.25, 0.3) is 0 Å². The Morgan fingerprint density at radius 2 is 1.02 bits per heavy atom. The van der Waals surface area contributed by atoms with E-state index in [4.69, 9.17) is 4.42 Å². The number of anilines is 6. The Bertz CT molecular complexity index is 2680. The van der Waals surface area contributed by atoms with Crippen molar-refractivity contribution in [3.05, 3.63) is 169 Å². The van der Waals surface area contributed by atoms with Crippen molar-refractivity contribution in [3.8, 4) is 11.1 Å². The monoisotopic (exact) mass is 742 g/mol. The first-order valence-electron chi connectivity index (χ1n) is 20.3. The van der Waals surface area contributed by atoms with E-state index in [-0.39, 0.29) is 0 Å². The minimum absolute atomic E-state index is 0.379. The zero-order valence-corrected chi connectivity index (χ0v) is 32.1. The molecule has 4 fully saturated rings. The molecule has 13 rings (SSSR count). The van der Waals surface area contributed by atoms with Gasteiger partial charge >= 0.3 is 0 Å². The van der Waals surface area contributed by atoms with Crippen LogP contribution >= 0.6 is 11.8 Å². The summed E-state index contributed by atoms with van der Waals surface area (Å²) in [6.45, 7) is 0. The smallest absolute Gasteiger partial charge is 0.135 e. The van der Waals surface area contributed by atoms with Crippen LogP contribution in [-0.4, -0.2) is 0 Å². The number of fused-ring (bicyclic) bond motifs is 5. The normalized spacial score (nSPS) is 22.0. The van der Waals surface area contributed by atoms with Crippen LogP contribution in [0.3, 0.4) is 0 Å². The largest absolute Gasteiger partial charge is 0.456 e. The summed E-state index contributed by atoms with van der Waals surface area (Å²) in [5, 5.41) is 2.29. The lowest BCUT2D eigenvalue weighted by Gasteiger charge is -2.57. The molecule has 0 spiro atoms. The predicted octanol–water partition coefficient (Wildman–Crippen LogP) is 15.1. The molecule has 0 unspecified atom stereocenters. The lowest BCUT2D eigenvalue weighted by molar-refractivity contribution is -0.00518. The van der Waals surface area contributed by atoms with Crippen molar-refractivity contribution in [2.45, 2.75) is 53.7 Å². The number of benzene rings is 7. The minimum atomic E-state index is 0.379. The van der Waals surface area contributed by atoms with E-state index < -0.39 is 0 Å². The van der Waals surface area contributed by atoms with Gasteiger partial charge in [0.1, 0.15) is 11.2 Å². The fourth-order valence-corrected chi connectivity index (χ4v) is 12.4. The molecule has 0 saturated heterocycles. The van der Waals surface area contributed by atoms with Gasteiger partial charge in [-0.2, -0.15) is 0 Å². The zero-order chi connectivity index (χ0) is 36.8. The molecule has 3 nitrogen and oxygen atoms in total. The van der Waals surface area contributed by atoms with Crippen LogP contribution in [0.5, 0.6) is 0 Å². The van der Waals surface area contributed by atoms with Gasteiger partial charge in [-0.25, -0.2) is 0 Å². The number of hydrogen-bond donors (Lipinski definition) is 0. The van der Waals surface area contributed by atoms with E-state index in [9.17, 15) is 0 Å². The average Bonchev–Trinajstić information content (AvgIpc) is 3.61. The highest BCUT2D eigenvalue weighted by atomic mass is 32.2. The standard InChI is InChI=1S/C52H42N2OS/c1-4-10-48-44(7-1)45-30-43(25-26-49(45)55-48)53(41-23-17-39(18-24-41)52-31-34-27-35(32-52)29-36(28-34)33-52)40-19-13-37(14-20-40)38-15-21-42(22-16-38)54-46-8-2-5-11-50(46)56-51-12-6-3-9-47(51)54/h1-26,30,34-36H,27-29,31-33H2. The third-order valence-electron chi connectivity index (χ3n) is 13.4. The van der Waals surface area contributed by atoms with E-state index in [1.807, 2.05) is 17.8 Å². The summed E-state index contributed by atoms with van der Waals surface area (Å²) in [5.41, 5.74) is 13.2. The quantitative estimate of drug-likeness (QED) is 0.169. The third kappa shape index (κ3) is 5.26. The predicted molar refractivity (Wildman–Crippen MR) is 232 cm³/mol. The van der Waals surface area contributed by atoms with Crippen molar-refractivity contribution in [1.29, 1.82) is 0 Å². The summed E-state index contributed by atoms with van der Waals surface area (Å²) in [7, 11) is 0. The van der Waals surface area contributed by atoms with Gasteiger partial charge in [0, 0.05) is 43.3 Å². The number of furan rings is 1. The highest BCUT2D eigenvalue weighted by Gasteiger charge is 2.51. The molecule has 5 aliphatic rings. The molecular weight excluding hydrogens is 701 g/mol. The molecule has 272 valence electrons. The molecule has 0 atom stereocenters. The summed E-state index contributed by atoms with van der Waals surface area (Å²) in [6, 6.07) is 60.2. The first-order valence-corrected chi connectivity index (χ1v) is 21.1. The van der Waals surface area contributed by atoms with Crippen LogP contribution in [0.25, 0.3) is 33.1 Å². The number of para-hydroxylation sites is 3. The van der Waals surface area contributed by atoms with Crippen LogP contribution in [-0.2, 0) is 5.41 Å². The van der Waals surface area contributed by atoms with Crippen molar-refractivity contribution >= 4 is 67.8 Å². The molecule has 56 heavy (non-hydrogen) atoms. The second-order valence-corrected chi connectivity index (χ2v) is 17.9.